The Kier molecular flexibility index (Phi) is 5.32. The minimum absolute atomic E-state index is 0.0236. The molecule has 1 amide bonds. The van der Waals surface area contributed by atoms with E-state index in [2.05, 4.69) is 46.2 Å². The van der Waals surface area contributed by atoms with Gasteiger partial charge >= 0.3 is 0 Å². The van der Waals surface area contributed by atoms with Crippen LogP contribution in [0.15, 0.2) is 24.3 Å². The summed E-state index contributed by atoms with van der Waals surface area (Å²) in [5.74, 6) is 3.28. The first-order chi connectivity index (χ1) is 17.0. The van der Waals surface area contributed by atoms with Crippen molar-refractivity contribution in [3.63, 3.8) is 0 Å². The lowest BCUT2D eigenvalue weighted by Crippen LogP contribution is -2.54. The lowest BCUT2D eigenvalue weighted by Gasteiger charge is -2.24. The van der Waals surface area contributed by atoms with Crippen LogP contribution in [-0.2, 0) is 13.0 Å². The third kappa shape index (κ3) is 3.52. The molecule has 0 aromatic carbocycles. The first-order valence-electron chi connectivity index (χ1n) is 12.8. The van der Waals surface area contributed by atoms with Crippen molar-refractivity contribution in [2.75, 3.05) is 16.3 Å². The maximum Gasteiger partial charge on any atom is 0.260 e. The Labute approximate surface area is 205 Å². The summed E-state index contributed by atoms with van der Waals surface area (Å²) in [7, 11) is 0. The number of nitrogens with zero attached hydrogens (tertiary/aromatic N) is 7. The van der Waals surface area contributed by atoms with Gasteiger partial charge in [-0.3, -0.25) is 9.69 Å². The number of fused-ring (bicyclic) bond motifs is 2. The number of hydrogen-bond acceptors (Lipinski definition) is 6. The number of carbonyl (C=O) groups is 1. The largest absolute Gasteiger partial charge is 0.354 e. The van der Waals surface area contributed by atoms with Crippen LogP contribution >= 0.6 is 0 Å². The standard InChI is InChI=1S/C26H32N8O/c1-4-19(27)24-18-14-33(26(35)17(18)13-23(29-24)32-12-6-7-15(32)2)21-9-5-8-20(28-21)25-31-30-22-11-10-16(3)34(22)25/h5,8-9,13,15-16,19H,4,6-7,10-12,14,27H2,1-3H3/p+1/t15-,16+,19-/m1/s1. The van der Waals surface area contributed by atoms with Crippen molar-refractivity contribution in [1.29, 1.82) is 0 Å². The van der Waals surface area contributed by atoms with Crippen LogP contribution in [0.25, 0.3) is 11.5 Å². The fourth-order valence-electron chi connectivity index (χ4n) is 5.74. The van der Waals surface area contributed by atoms with E-state index in [9.17, 15) is 4.79 Å². The molecule has 0 saturated carbocycles. The SMILES string of the molecule is CC[C@@H]([NH3+])c1nc(N2CCC[C@H]2C)cc2c1CN(c1cccc(-c3nnc4n3[C@@H](C)CC4)n1)C2=O. The molecule has 182 valence electrons. The smallest absolute Gasteiger partial charge is 0.260 e. The summed E-state index contributed by atoms with van der Waals surface area (Å²) in [6.07, 6.45) is 5.17. The van der Waals surface area contributed by atoms with Crippen molar-refractivity contribution in [2.24, 2.45) is 0 Å². The van der Waals surface area contributed by atoms with Gasteiger partial charge in [0, 0.05) is 37.0 Å². The number of hydrogen-bond donors (Lipinski definition) is 1. The monoisotopic (exact) mass is 473 g/mol. The third-order valence-electron chi connectivity index (χ3n) is 7.89. The number of rotatable bonds is 5. The lowest BCUT2D eigenvalue weighted by atomic mass is 10.0. The molecule has 3 aromatic heterocycles. The topological polar surface area (TPSA) is 108 Å². The molecule has 9 nitrogen and oxygen atoms in total. The highest BCUT2D eigenvalue weighted by Crippen LogP contribution is 2.36. The molecule has 6 heterocycles. The van der Waals surface area contributed by atoms with Crippen LogP contribution < -0.4 is 15.5 Å². The van der Waals surface area contributed by atoms with E-state index in [0.717, 1.165) is 78.6 Å². The first kappa shape index (κ1) is 22.2. The van der Waals surface area contributed by atoms with Crippen LogP contribution in [0.2, 0.25) is 0 Å². The average molecular weight is 474 g/mol. The van der Waals surface area contributed by atoms with Gasteiger partial charge in [0.25, 0.3) is 5.91 Å². The molecule has 1 fully saturated rings. The molecule has 3 N–H and O–H groups in total. The van der Waals surface area contributed by atoms with Gasteiger partial charge in [0.15, 0.2) is 5.82 Å². The summed E-state index contributed by atoms with van der Waals surface area (Å²) >= 11 is 0. The van der Waals surface area contributed by atoms with E-state index in [0.29, 0.717) is 24.4 Å². The molecule has 35 heavy (non-hydrogen) atoms. The van der Waals surface area contributed by atoms with E-state index >= 15 is 0 Å². The Morgan fingerprint density at radius 1 is 1.11 bits per heavy atom. The zero-order chi connectivity index (χ0) is 24.3. The summed E-state index contributed by atoms with van der Waals surface area (Å²) in [4.78, 5) is 27.8. The molecule has 3 aromatic rings. The zero-order valence-corrected chi connectivity index (χ0v) is 20.7. The quantitative estimate of drug-likeness (QED) is 0.610. The molecule has 9 heteroatoms. The fraction of sp³-hybridized carbons (Fsp3) is 0.500. The molecule has 3 aliphatic heterocycles. The van der Waals surface area contributed by atoms with Crippen LogP contribution in [0.1, 0.15) is 86.0 Å². The molecule has 0 bridgehead atoms. The maximum absolute atomic E-state index is 13.7. The number of carbonyl (C=O) groups excluding carboxylic acids is 1. The molecule has 0 spiro atoms. The minimum Gasteiger partial charge on any atom is -0.354 e. The van der Waals surface area contributed by atoms with Gasteiger partial charge in [-0.1, -0.05) is 13.0 Å². The molecular formula is C26H33N8O+. The predicted octanol–water partition coefficient (Wildman–Crippen LogP) is 3.08. The number of aryl methyl sites for hydroxylation is 1. The Morgan fingerprint density at radius 2 is 1.97 bits per heavy atom. The van der Waals surface area contributed by atoms with Crippen molar-refractivity contribution >= 4 is 17.5 Å². The van der Waals surface area contributed by atoms with Crippen LogP contribution in [0, 0.1) is 0 Å². The Hall–Kier alpha value is -3.33. The van der Waals surface area contributed by atoms with Gasteiger partial charge in [-0.15, -0.1) is 10.2 Å². The highest BCUT2D eigenvalue weighted by atomic mass is 16.2. The van der Waals surface area contributed by atoms with Crippen LogP contribution in [-0.4, -0.2) is 43.2 Å². The fourth-order valence-corrected chi connectivity index (χ4v) is 5.74. The summed E-state index contributed by atoms with van der Waals surface area (Å²) < 4.78 is 2.17. The normalized spacial score (nSPS) is 22.1. The van der Waals surface area contributed by atoms with Crippen molar-refractivity contribution in [2.45, 2.75) is 77.5 Å². The first-order valence-corrected chi connectivity index (χ1v) is 12.8. The van der Waals surface area contributed by atoms with E-state index in [-0.39, 0.29) is 11.9 Å². The van der Waals surface area contributed by atoms with Gasteiger partial charge in [0.1, 0.15) is 34.9 Å². The number of amides is 1. The van der Waals surface area contributed by atoms with E-state index in [1.807, 2.05) is 24.3 Å². The maximum atomic E-state index is 13.7. The summed E-state index contributed by atoms with van der Waals surface area (Å²) in [6.45, 7) is 7.97. The summed E-state index contributed by atoms with van der Waals surface area (Å²) in [5, 5.41) is 8.78. The Bertz CT molecular complexity index is 1300. The molecule has 0 aliphatic carbocycles. The van der Waals surface area contributed by atoms with E-state index in [4.69, 9.17) is 9.97 Å². The molecular weight excluding hydrogens is 440 g/mol. The highest BCUT2D eigenvalue weighted by molar-refractivity contribution is 6.10. The van der Waals surface area contributed by atoms with Gasteiger partial charge in [-0.05, 0) is 51.3 Å². The van der Waals surface area contributed by atoms with Gasteiger partial charge in [0.05, 0.1) is 12.1 Å². The van der Waals surface area contributed by atoms with Crippen molar-refractivity contribution in [3.8, 4) is 11.5 Å². The molecule has 3 atom stereocenters. The lowest BCUT2D eigenvalue weighted by molar-refractivity contribution is -0.428. The molecule has 0 radical (unpaired) electrons. The van der Waals surface area contributed by atoms with Gasteiger partial charge in [-0.25, -0.2) is 9.97 Å². The van der Waals surface area contributed by atoms with Gasteiger partial charge in [-0.2, -0.15) is 0 Å². The second-order valence-corrected chi connectivity index (χ2v) is 10.2. The second kappa shape index (κ2) is 8.41. The van der Waals surface area contributed by atoms with E-state index in [1.54, 1.807) is 4.90 Å². The zero-order valence-electron chi connectivity index (χ0n) is 20.7. The Morgan fingerprint density at radius 3 is 2.74 bits per heavy atom. The molecule has 6 rings (SSSR count). The van der Waals surface area contributed by atoms with Crippen LogP contribution in [0.4, 0.5) is 11.6 Å². The minimum atomic E-state index is -0.0236. The predicted molar refractivity (Wildman–Crippen MR) is 133 cm³/mol. The summed E-state index contributed by atoms with van der Waals surface area (Å²) in [6, 6.07) is 8.59. The van der Waals surface area contributed by atoms with Crippen LogP contribution in [0.5, 0.6) is 0 Å². The van der Waals surface area contributed by atoms with Crippen molar-refractivity contribution < 1.29 is 10.5 Å². The highest BCUT2D eigenvalue weighted by Gasteiger charge is 2.36. The van der Waals surface area contributed by atoms with Crippen molar-refractivity contribution in [3.05, 3.63) is 46.9 Å². The number of pyridine rings is 2. The van der Waals surface area contributed by atoms with Gasteiger partial charge < -0.3 is 15.2 Å². The summed E-state index contributed by atoms with van der Waals surface area (Å²) in [5.41, 5.74) is 7.76. The van der Waals surface area contributed by atoms with Gasteiger partial charge in [0.2, 0.25) is 0 Å². The Balaban J connectivity index is 1.38. The van der Waals surface area contributed by atoms with Crippen molar-refractivity contribution in [1.82, 2.24) is 24.7 Å². The number of aromatic nitrogens is 5. The number of quaternary nitrogens is 1. The number of anilines is 2. The van der Waals surface area contributed by atoms with E-state index < -0.39 is 0 Å². The third-order valence-corrected chi connectivity index (χ3v) is 7.89. The molecule has 0 unspecified atom stereocenters. The van der Waals surface area contributed by atoms with E-state index in [1.165, 1.54) is 0 Å². The second-order valence-electron chi connectivity index (χ2n) is 10.2. The average Bonchev–Trinajstić information content (AvgIpc) is 3.64. The molecule has 3 aliphatic rings. The van der Waals surface area contributed by atoms with Crippen LogP contribution in [0.3, 0.4) is 0 Å². The molecule has 1 saturated heterocycles.